The normalized spacial score (nSPS) is 11.2. The molecular formula is C14H22ClN5. The van der Waals surface area contributed by atoms with Crippen LogP contribution in [0, 0.1) is 0 Å². The van der Waals surface area contributed by atoms with Crippen LogP contribution in [0.2, 0.25) is 5.02 Å². The summed E-state index contributed by atoms with van der Waals surface area (Å²) in [6.07, 6.45) is 5.56. The Morgan fingerprint density at radius 3 is 2.75 bits per heavy atom. The molecule has 0 radical (unpaired) electrons. The van der Waals surface area contributed by atoms with Crippen LogP contribution < -0.4 is 5.32 Å². The average molecular weight is 296 g/mol. The lowest BCUT2D eigenvalue weighted by Gasteiger charge is -2.07. The van der Waals surface area contributed by atoms with Crippen LogP contribution in [0.15, 0.2) is 12.4 Å². The van der Waals surface area contributed by atoms with Crippen molar-refractivity contribution in [2.45, 2.75) is 39.8 Å². The second-order valence-electron chi connectivity index (χ2n) is 4.76. The monoisotopic (exact) mass is 295 g/mol. The van der Waals surface area contributed by atoms with E-state index in [1.807, 2.05) is 28.7 Å². The average Bonchev–Trinajstić information content (AvgIpc) is 2.99. The molecule has 0 fully saturated rings. The Balaban J connectivity index is 1.91. The molecule has 6 heteroatoms. The van der Waals surface area contributed by atoms with Crippen molar-refractivity contribution in [3.05, 3.63) is 34.6 Å². The second kappa shape index (κ2) is 6.90. The summed E-state index contributed by atoms with van der Waals surface area (Å²) in [7, 11) is 2.01. The molecule has 0 bridgehead atoms. The minimum atomic E-state index is 0.740. The third-order valence-electron chi connectivity index (χ3n) is 3.43. The van der Waals surface area contributed by atoms with Crippen molar-refractivity contribution in [3.63, 3.8) is 0 Å². The first-order valence-electron chi connectivity index (χ1n) is 7.08. The molecule has 2 heterocycles. The number of imidazole rings is 1. The molecule has 0 aliphatic carbocycles. The van der Waals surface area contributed by atoms with Gasteiger partial charge < -0.3 is 9.88 Å². The highest BCUT2D eigenvalue weighted by atomic mass is 35.5. The lowest BCUT2D eigenvalue weighted by Crippen LogP contribution is -2.20. The maximum absolute atomic E-state index is 6.37. The molecule has 0 aromatic carbocycles. The Kier molecular flexibility index (Phi) is 5.20. The van der Waals surface area contributed by atoms with Gasteiger partial charge in [0.05, 0.1) is 16.4 Å². The van der Waals surface area contributed by atoms with E-state index in [4.69, 9.17) is 11.6 Å². The van der Waals surface area contributed by atoms with Crippen LogP contribution in [0.3, 0.4) is 0 Å². The van der Waals surface area contributed by atoms with Gasteiger partial charge in [-0.05, 0) is 13.3 Å². The van der Waals surface area contributed by atoms with E-state index in [9.17, 15) is 0 Å². The zero-order chi connectivity index (χ0) is 14.5. The van der Waals surface area contributed by atoms with Crippen LogP contribution in [0.4, 0.5) is 0 Å². The van der Waals surface area contributed by atoms with E-state index in [-0.39, 0.29) is 0 Å². The predicted octanol–water partition coefficient (Wildman–Crippen LogP) is 2.18. The van der Waals surface area contributed by atoms with Crippen molar-refractivity contribution >= 4 is 11.6 Å². The third kappa shape index (κ3) is 3.22. The van der Waals surface area contributed by atoms with Gasteiger partial charge in [0, 0.05) is 45.5 Å². The summed E-state index contributed by atoms with van der Waals surface area (Å²) < 4.78 is 4.02. The fourth-order valence-electron chi connectivity index (χ4n) is 2.23. The highest BCUT2D eigenvalue weighted by Crippen LogP contribution is 2.21. The van der Waals surface area contributed by atoms with Gasteiger partial charge in [-0.2, -0.15) is 5.10 Å². The van der Waals surface area contributed by atoms with Gasteiger partial charge in [-0.15, -0.1) is 0 Å². The molecule has 0 aliphatic heterocycles. The minimum Gasteiger partial charge on any atom is -0.338 e. The van der Waals surface area contributed by atoms with Gasteiger partial charge in [0.15, 0.2) is 0 Å². The van der Waals surface area contributed by atoms with Gasteiger partial charge in [-0.25, -0.2) is 4.98 Å². The van der Waals surface area contributed by atoms with E-state index in [1.165, 1.54) is 0 Å². The number of nitrogens with one attached hydrogen (secondary N) is 1. The molecular weight excluding hydrogens is 274 g/mol. The van der Waals surface area contributed by atoms with Crippen molar-refractivity contribution < 1.29 is 0 Å². The molecule has 2 rings (SSSR count). The number of nitrogens with zero attached hydrogens (tertiary/aromatic N) is 4. The highest BCUT2D eigenvalue weighted by molar-refractivity contribution is 6.31. The summed E-state index contributed by atoms with van der Waals surface area (Å²) in [6.45, 7) is 6.62. The van der Waals surface area contributed by atoms with Gasteiger partial charge >= 0.3 is 0 Å². The topological polar surface area (TPSA) is 47.7 Å². The molecule has 0 atom stereocenters. The number of rotatable bonds is 7. The van der Waals surface area contributed by atoms with Crippen LogP contribution in [0.25, 0.3) is 0 Å². The number of halogens is 1. The van der Waals surface area contributed by atoms with E-state index < -0.39 is 0 Å². The molecule has 2 aromatic rings. The van der Waals surface area contributed by atoms with Crippen LogP contribution in [0.1, 0.15) is 31.1 Å². The van der Waals surface area contributed by atoms with Crippen LogP contribution >= 0.6 is 11.6 Å². The predicted molar refractivity (Wildman–Crippen MR) is 80.9 cm³/mol. The second-order valence-corrected chi connectivity index (χ2v) is 5.14. The summed E-state index contributed by atoms with van der Waals surface area (Å²) >= 11 is 6.37. The lowest BCUT2D eigenvalue weighted by atomic mass is 10.3. The molecule has 110 valence electrons. The molecule has 0 aliphatic rings. The van der Waals surface area contributed by atoms with Crippen molar-refractivity contribution in [1.82, 2.24) is 24.6 Å². The van der Waals surface area contributed by atoms with E-state index >= 15 is 0 Å². The molecule has 0 saturated carbocycles. The summed E-state index contributed by atoms with van der Waals surface area (Å²) in [4.78, 5) is 4.31. The Bertz CT molecular complexity index is 558. The third-order valence-corrected chi connectivity index (χ3v) is 3.87. The van der Waals surface area contributed by atoms with Gasteiger partial charge in [0.25, 0.3) is 0 Å². The first-order valence-corrected chi connectivity index (χ1v) is 7.46. The Morgan fingerprint density at radius 1 is 1.35 bits per heavy atom. The molecule has 0 saturated heterocycles. The molecule has 0 amide bonds. The standard InChI is InChI=1S/C14H22ClN5/c1-4-11-14(15)12(20(5-2)18-11)10-16-7-6-13-17-8-9-19(13)3/h8-9,16H,4-7,10H2,1-3H3. The van der Waals surface area contributed by atoms with Gasteiger partial charge in [0.1, 0.15) is 5.82 Å². The fourth-order valence-corrected chi connectivity index (χ4v) is 2.57. The lowest BCUT2D eigenvalue weighted by molar-refractivity contribution is 0.573. The maximum atomic E-state index is 6.37. The van der Waals surface area contributed by atoms with Crippen LogP contribution in [-0.2, 0) is 33.0 Å². The maximum Gasteiger partial charge on any atom is 0.109 e. The molecule has 20 heavy (non-hydrogen) atoms. The van der Waals surface area contributed by atoms with Crippen LogP contribution in [0.5, 0.6) is 0 Å². The summed E-state index contributed by atoms with van der Waals surface area (Å²) in [5.74, 6) is 1.09. The fraction of sp³-hybridized carbons (Fsp3) is 0.571. The van der Waals surface area contributed by atoms with Crippen molar-refractivity contribution in [2.24, 2.45) is 7.05 Å². The van der Waals surface area contributed by atoms with Crippen LogP contribution in [-0.4, -0.2) is 25.9 Å². The zero-order valence-electron chi connectivity index (χ0n) is 12.4. The summed E-state index contributed by atoms with van der Waals surface area (Å²) in [6, 6.07) is 0. The summed E-state index contributed by atoms with van der Waals surface area (Å²) in [5, 5.41) is 8.74. The number of hydrogen-bond acceptors (Lipinski definition) is 3. The van der Waals surface area contributed by atoms with E-state index in [0.717, 1.165) is 54.7 Å². The van der Waals surface area contributed by atoms with Gasteiger partial charge in [0.2, 0.25) is 0 Å². The van der Waals surface area contributed by atoms with E-state index in [1.54, 1.807) is 0 Å². The van der Waals surface area contributed by atoms with Crippen molar-refractivity contribution in [3.8, 4) is 0 Å². The highest BCUT2D eigenvalue weighted by Gasteiger charge is 2.13. The minimum absolute atomic E-state index is 0.740. The van der Waals surface area contributed by atoms with Crippen molar-refractivity contribution in [2.75, 3.05) is 6.54 Å². The molecule has 2 aromatic heterocycles. The van der Waals surface area contributed by atoms with Crippen molar-refractivity contribution in [1.29, 1.82) is 0 Å². The zero-order valence-corrected chi connectivity index (χ0v) is 13.1. The number of aromatic nitrogens is 4. The first-order chi connectivity index (χ1) is 9.67. The Labute approximate surface area is 125 Å². The number of aryl methyl sites for hydroxylation is 3. The first kappa shape index (κ1) is 15.1. The quantitative estimate of drug-likeness (QED) is 0.797. The Morgan fingerprint density at radius 2 is 2.15 bits per heavy atom. The van der Waals surface area contributed by atoms with E-state index in [0.29, 0.717) is 0 Å². The SMILES string of the molecule is CCc1nn(CC)c(CNCCc2nccn2C)c1Cl. The number of hydrogen-bond donors (Lipinski definition) is 1. The molecule has 1 N–H and O–H groups in total. The van der Waals surface area contributed by atoms with Gasteiger partial charge in [-0.3, -0.25) is 4.68 Å². The largest absolute Gasteiger partial charge is 0.338 e. The van der Waals surface area contributed by atoms with Gasteiger partial charge in [-0.1, -0.05) is 18.5 Å². The smallest absolute Gasteiger partial charge is 0.109 e. The Hall–Kier alpha value is -1.33. The van der Waals surface area contributed by atoms with E-state index in [2.05, 4.69) is 29.2 Å². The summed E-state index contributed by atoms with van der Waals surface area (Å²) in [5.41, 5.74) is 2.06. The molecule has 0 spiro atoms. The molecule has 0 unspecified atom stereocenters. The molecule has 5 nitrogen and oxygen atoms in total.